The highest BCUT2D eigenvalue weighted by molar-refractivity contribution is 7.09. The van der Waals surface area contributed by atoms with Gasteiger partial charge in [0.15, 0.2) is 0 Å². The number of thiophene rings is 1. The summed E-state index contributed by atoms with van der Waals surface area (Å²) in [7, 11) is 0. The van der Waals surface area contributed by atoms with Gasteiger partial charge in [-0.3, -0.25) is 4.79 Å². The summed E-state index contributed by atoms with van der Waals surface area (Å²) < 4.78 is 0. The molecule has 0 unspecified atom stereocenters. The summed E-state index contributed by atoms with van der Waals surface area (Å²) in [6.07, 6.45) is 1.83. The highest BCUT2D eigenvalue weighted by Crippen LogP contribution is 2.11. The van der Waals surface area contributed by atoms with Gasteiger partial charge in [0.1, 0.15) is 0 Å². The molecule has 1 heterocycles. The standard InChI is InChI=1S/C12H19NOS/c1-4-9(2)12(14)13-10(3)8-11-6-5-7-15-11/h5-7,9-10H,4,8H2,1-3H3,(H,13,14)/t9-,10+/m0/s1. The first-order chi connectivity index (χ1) is 7.13. The van der Waals surface area contributed by atoms with E-state index >= 15 is 0 Å². The molecular formula is C12H19NOS. The van der Waals surface area contributed by atoms with Gasteiger partial charge in [0.25, 0.3) is 0 Å². The van der Waals surface area contributed by atoms with Crippen LogP contribution in [-0.2, 0) is 11.2 Å². The van der Waals surface area contributed by atoms with Crippen LogP contribution >= 0.6 is 11.3 Å². The van der Waals surface area contributed by atoms with E-state index in [9.17, 15) is 4.79 Å². The first-order valence-corrected chi connectivity index (χ1v) is 6.34. The summed E-state index contributed by atoms with van der Waals surface area (Å²) in [4.78, 5) is 12.9. The number of amides is 1. The molecule has 2 atom stereocenters. The zero-order valence-corrected chi connectivity index (χ0v) is 10.4. The first kappa shape index (κ1) is 12.2. The molecule has 0 fully saturated rings. The Hall–Kier alpha value is -0.830. The van der Waals surface area contributed by atoms with Crippen molar-refractivity contribution < 1.29 is 4.79 Å². The van der Waals surface area contributed by atoms with Gasteiger partial charge in [-0.25, -0.2) is 0 Å². The largest absolute Gasteiger partial charge is 0.353 e. The summed E-state index contributed by atoms with van der Waals surface area (Å²) in [5, 5.41) is 5.10. The fraction of sp³-hybridized carbons (Fsp3) is 0.583. The normalized spacial score (nSPS) is 14.6. The molecule has 2 nitrogen and oxygen atoms in total. The maximum Gasteiger partial charge on any atom is 0.223 e. The number of carbonyl (C=O) groups is 1. The average molecular weight is 225 g/mol. The zero-order valence-electron chi connectivity index (χ0n) is 9.62. The van der Waals surface area contributed by atoms with Gasteiger partial charge < -0.3 is 5.32 Å². The van der Waals surface area contributed by atoms with Gasteiger partial charge >= 0.3 is 0 Å². The molecule has 0 bridgehead atoms. The molecule has 0 saturated heterocycles. The minimum Gasteiger partial charge on any atom is -0.353 e. The summed E-state index contributed by atoms with van der Waals surface area (Å²) >= 11 is 1.74. The Balaban J connectivity index is 2.36. The van der Waals surface area contributed by atoms with Gasteiger partial charge in [0.05, 0.1) is 0 Å². The summed E-state index contributed by atoms with van der Waals surface area (Å²) in [6, 6.07) is 4.38. The van der Waals surface area contributed by atoms with Crippen LogP contribution in [0.2, 0.25) is 0 Å². The lowest BCUT2D eigenvalue weighted by Crippen LogP contribution is -2.37. The van der Waals surface area contributed by atoms with Crippen molar-refractivity contribution in [3.63, 3.8) is 0 Å². The highest BCUT2D eigenvalue weighted by Gasteiger charge is 2.13. The van der Waals surface area contributed by atoms with Crippen LogP contribution in [0.4, 0.5) is 0 Å². The predicted octanol–water partition coefficient (Wildman–Crippen LogP) is 2.84. The Morgan fingerprint density at radius 3 is 2.80 bits per heavy atom. The molecule has 0 radical (unpaired) electrons. The SMILES string of the molecule is CC[C@H](C)C(=O)N[C@H](C)Cc1cccs1. The topological polar surface area (TPSA) is 29.1 Å². The Bertz CT molecular complexity index is 295. The third-order valence-corrected chi connectivity index (χ3v) is 3.43. The molecule has 0 aromatic carbocycles. The van der Waals surface area contributed by atoms with E-state index in [4.69, 9.17) is 0 Å². The molecule has 15 heavy (non-hydrogen) atoms. The third kappa shape index (κ3) is 4.04. The van der Waals surface area contributed by atoms with Gasteiger partial charge in [-0.2, -0.15) is 0 Å². The van der Waals surface area contributed by atoms with Gasteiger partial charge in [-0.05, 0) is 24.8 Å². The van der Waals surface area contributed by atoms with E-state index in [0.717, 1.165) is 12.8 Å². The fourth-order valence-corrected chi connectivity index (χ4v) is 2.19. The molecule has 0 aliphatic heterocycles. The van der Waals surface area contributed by atoms with Crippen LogP contribution < -0.4 is 5.32 Å². The number of hydrogen-bond acceptors (Lipinski definition) is 2. The number of nitrogens with one attached hydrogen (secondary N) is 1. The van der Waals surface area contributed by atoms with E-state index < -0.39 is 0 Å². The average Bonchev–Trinajstić information content (AvgIpc) is 2.68. The van der Waals surface area contributed by atoms with Gasteiger partial charge in [0.2, 0.25) is 5.91 Å². The number of carbonyl (C=O) groups excluding carboxylic acids is 1. The van der Waals surface area contributed by atoms with Crippen LogP contribution in [0.25, 0.3) is 0 Å². The monoisotopic (exact) mass is 225 g/mol. The minimum absolute atomic E-state index is 0.121. The molecular weight excluding hydrogens is 206 g/mol. The molecule has 1 aromatic heterocycles. The Labute approximate surface area is 95.7 Å². The molecule has 0 spiro atoms. The number of rotatable bonds is 5. The van der Waals surface area contributed by atoms with E-state index in [0.29, 0.717) is 0 Å². The van der Waals surface area contributed by atoms with E-state index in [-0.39, 0.29) is 17.9 Å². The van der Waals surface area contributed by atoms with E-state index in [1.54, 1.807) is 11.3 Å². The summed E-state index contributed by atoms with van der Waals surface area (Å²) in [5.41, 5.74) is 0. The molecule has 1 aromatic rings. The van der Waals surface area contributed by atoms with E-state index in [1.165, 1.54) is 4.88 Å². The van der Waals surface area contributed by atoms with Crippen molar-refractivity contribution in [2.75, 3.05) is 0 Å². The van der Waals surface area contributed by atoms with E-state index in [2.05, 4.69) is 23.7 Å². The smallest absolute Gasteiger partial charge is 0.223 e. The molecule has 3 heteroatoms. The lowest BCUT2D eigenvalue weighted by molar-refractivity contribution is -0.125. The predicted molar refractivity (Wildman–Crippen MR) is 65.1 cm³/mol. The fourth-order valence-electron chi connectivity index (χ4n) is 1.35. The van der Waals surface area contributed by atoms with Crippen LogP contribution in [0.15, 0.2) is 17.5 Å². The maximum absolute atomic E-state index is 11.6. The van der Waals surface area contributed by atoms with Crippen molar-refractivity contribution in [1.82, 2.24) is 5.32 Å². The molecule has 0 aliphatic carbocycles. The Kier molecular flexibility index (Phi) is 4.82. The number of hydrogen-bond donors (Lipinski definition) is 1. The zero-order chi connectivity index (χ0) is 11.3. The van der Waals surface area contributed by atoms with Gasteiger partial charge in [-0.1, -0.05) is 19.9 Å². The van der Waals surface area contributed by atoms with Crippen LogP contribution in [0.3, 0.4) is 0 Å². The highest BCUT2D eigenvalue weighted by atomic mass is 32.1. The molecule has 1 N–H and O–H groups in total. The van der Waals surface area contributed by atoms with E-state index in [1.807, 2.05) is 19.9 Å². The van der Waals surface area contributed by atoms with Crippen molar-refractivity contribution >= 4 is 17.2 Å². The molecule has 0 aliphatic rings. The quantitative estimate of drug-likeness (QED) is 0.820. The summed E-state index contributed by atoms with van der Waals surface area (Å²) in [6.45, 7) is 6.06. The first-order valence-electron chi connectivity index (χ1n) is 5.46. The lowest BCUT2D eigenvalue weighted by atomic mass is 10.1. The van der Waals surface area contributed by atoms with Crippen molar-refractivity contribution in [2.24, 2.45) is 5.92 Å². The summed E-state index contributed by atoms with van der Waals surface area (Å²) in [5.74, 6) is 0.289. The van der Waals surface area contributed by atoms with Crippen molar-refractivity contribution in [3.05, 3.63) is 22.4 Å². The van der Waals surface area contributed by atoms with Crippen molar-refractivity contribution in [1.29, 1.82) is 0 Å². The lowest BCUT2D eigenvalue weighted by Gasteiger charge is -2.15. The molecule has 0 saturated carbocycles. The maximum atomic E-state index is 11.6. The van der Waals surface area contributed by atoms with Crippen molar-refractivity contribution in [2.45, 2.75) is 39.7 Å². The molecule has 1 rings (SSSR count). The van der Waals surface area contributed by atoms with Gasteiger partial charge in [0, 0.05) is 23.3 Å². The van der Waals surface area contributed by atoms with Gasteiger partial charge in [-0.15, -0.1) is 11.3 Å². The van der Waals surface area contributed by atoms with Crippen LogP contribution in [0, 0.1) is 5.92 Å². The van der Waals surface area contributed by atoms with Crippen LogP contribution in [-0.4, -0.2) is 11.9 Å². The molecule has 1 amide bonds. The third-order valence-electron chi connectivity index (χ3n) is 2.54. The second-order valence-corrected chi connectivity index (χ2v) is 5.03. The second kappa shape index (κ2) is 5.91. The second-order valence-electron chi connectivity index (χ2n) is 4.00. The minimum atomic E-state index is 0.121. The Morgan fingerprint density at radius 1 is 1.53 bits per heavy atom. The van der Waals surface area contributed by atoms with Crippen LogP contribution in [0.5, 0.6) is 0 Å². The van der Waals surface area contributed by atoms with Crippen LogP contribution in [0.1, 0.15) is 32.1 Å². The Morgan fingerprint density at radius 2 is 2.27 bits per heavy atom. The van der Waals surface area contributed by atoms with Crippen molar-refractivity contribution in [3.8, 4) is 0 Å². The molecule has 84 valence electrons.